The van der Waals surface area contributed by atoms with Crippen molar-refractivity contribution in [2.24, 2.45) is 10.9 Å². The van der Waals surface area contributed by atoms with Gasteiger partial charge in [0.1, 0.15) is 0 Å². The fourth-order valence-corrected chi connectivity index (χ4v) is 3.70. The number of nitrogens with zero attached hydrogens (tertiary/aromatic N) is 1. The van der Waals surface area contributed by atoms with E-state index in [0.717, 1.165) is 11.1 Å². The van der Waals surface area contributed by atoms with Gasteiger partial charge in [0.25, 0.3) is 0 Å². The van der Waals surface area contributed by atoms with Crippen LogP contribution in [-0.2, 0) is 21.4 Å². The van der Waals surface area contributed by atoms with Gasteiger partial charge in [-0.2, -0.15) is 0 Å². The predicted molar refractivity (Wildman–Crippen MR) is 121 cm³/mol. The van der Waals surface area contributed by atoms with Crippen LogP contribution < -0.4 is 15.4 Å². The molecule has 0 heterocycles. The van der Waals surface area contributed by atoms with E-state index in [1.165, 1.54) is 0 Å². The molecule has 0 bridgehead atoms. The van der Waals surface area contributed by atoms with Crippen molar-refractivity contribution in [3.05, 3.63) is 65.7 Å². The second-order valence-electron chi connectivity index (χ2n) is 7.20. The van der Waals surface area contributed by atoms with E-state index in [4.69, 9.17) is 4.74 Å². The zero-order chi connectivity index (χ0) is 21.8. The lowest BCUT2D eigenvalue weighted by molar-refractivity contribution is 0.0931. The van der Waals surface area contributed by atoms with Gasteiger partial charge in [-0.05, 0) is 30.5 Å². The van der Waals surface area contributed by atoms with E-state index < -0.39 is 10.0 Å². The van der Waals surface area contributed by atoms with Crippen LogP contribution in [-0.4, -0.2) is 47.7 Å². The molecule has 0 aliphatic rings. The quantitative estimate of drug-likeness (QED) is 0.288. The Bertz CT molecular complexity index is 884. The minimum atomic E-state index is -3.51. The van der Waals surface area contributed by atoms with Crippen molar-refractivity contribution >= 4 is 16.0 Å². The molecular weight excluding hydrogens is 400 g/mol. The third kappa shape index (κ3) is 8.52. The molecule has 164 valence electrons. The number of hydrogen-bond donors (Lipinski definition) is 3. The summed E-state index contributed by atoms with van der Waals surface area (Å²) < 4.78 is 32.9. The molecule has 0 saturated heterocycles. The van der Waals surface area contributed by atoms with E-state index in [2.05, 4.69) is 27.3 Å². The molecule has 0 amide bonds. The largest absolute Gasteiger partial charge is 0.376 e. The monoisotopic (exact) mass is 432 g/mol. The van der Waals surface area contributed by atoms with Gasteiger partial charge in [0, 0.05) is 26.7 Å². The van der Waals surface area contributed by atoms with Crippen molar-refractivity contribution in [1.82, 2.24) is 15.4 Å². The second kappa shape index (κ2) is 12.3. The zero-order valence-electron chi connectivity index (χ0n) is 17.9. The smallest absolute Gasteiger partial charge is 0.240 e. The summed E-state index contributed by atoms with van der Waals surface area (Å²) in [6.45, 7) is 6.62. The molecule has 1 atom stereocenters. The Morgan fingerprint density at radius 2 is 1.73 bits per heavy atom. The maximum atomic E-state index is 12.3. The highest BCUT2D eigenvalue weighted by atomic mass is 32.2. The molecule has 0 aliphatic carbocycles. The average Bonchev–Trinajstić information content (AvgIpc) is 2.74. The van der Waals surface area contributed by atoms with Crippen molar-refractivity contribution in [3.8, 4) is 0 Å². The van der Waals surface area contributed by atoms with Crippen molar-refractivity contribution in [2.75, 3.05) is 33.3 Å². The van der Waals surface area contributed by atoms with Crippen LogP contribution in [0.4, 0.5) is 0 Å². The van der Waals surface area contributed by atoms with Crippen LogP contribution in [0.3, 0.4) is 0 Å². The Morgan fingerprint density at radius 3 is 2.40 bits per heavy atom. The van der Waals surface area contributed by atoms with E-state index in [1.54, 1.807) is 31.3 Å². The number of rotatable bonds is 11. The second-order valence-corrected chi connectivity index (χ2v) is 8.96. The topological polar surface area (TPSA) is 91.8 Å². The molecule has 8 heteroatoms. The minimum Gasteiger partial charge on any atom is -0.376 e. The molecular formula is C22H32N4O3S. The fraction of sp³-hybridized carbons (Fsp3) is 0.409. The van der Waals surface area contributed by atoms with Gasteiger partial charge in [-0.3, -0.25) is 4.99 Å². The third-order valence-electron chi connectivity index (χ3n) is 4.40. The summed E-state index contributed by atoms with van der Waals surface area (Å²) in [4.78, 5) is 4.43. The maximum Gasteiger partial charge on any atom is 0.240 e. The Labute approximate surface area is 180 Å². The minimum absolute atomic E-state index is 0.257. The van der Waals surface area contributed by atoms with Crippen LogP contribution in [0.15, 0.2) is 64.5 Å². The molecule has 1 unspecified atom stereocenters. The summed E-state index contributed by atoms with van der Waals surface area (Å²) in [6, 6.07) is 16.8. The van der Waals surface area contributed by atoms with E-state index in [9.17, 15) is 8.42 Å². The van der Waals surface area contributed by atoms with E-state index in [0.29, 0.717) is 38.2 Å². The Morgan fingerprint density at radius 1 is 1.03 bits per heavy atom. The SMILES string of the molecule is CN=C(NCCNS(=O)(=O)c1ccc(C)cc1)NCC(C)COCc1ccccc1. The molecule has 30 heavy (non-hydrogen) atoms. The van der Waals surface area contributed by atoms with Crippen LogP contribution in [0.1, 0.15) is 18.1 Å². The van der Waals surface area contributed by atoms with Crippen LogP contribution in [0.2, 0.25) is 0 Å². The number of aliphatic imine (C=N–C) groups is 1. The molecule has 0 aliphatic heterocycles. The van der Waals surface area contributed by atoms with Gasteiger partial charge in [0.15, 0.2) is 5.96 Å². The molecule has 0 fully saturated rings. The van der Waals surface area contributed by atoms with Gasteiger partial charge in [-0.25, -0.2) is 13.1 Å². The first kappa shape index (κ1) is 23.9. The van der Waals surface area contributed by atoms with Crippen molar-refractivity contribution in [2.45, 2.75) is 25.3 Å². The fourth-order valence-electron chi connectivity index (χ4n) is 2.67. The number of aryl methyl sites for hydroxylation is 1. The standard InChI is InChI=1S/C22H32N4O3S/c1-18-9-11-21(12-10-18)30(27,28)26-14-13-24-22(23-3)25-15-19(2)16-29-17-20-7-5-4-6-8-20/h4-12,19,26H,13-17H2,1-3H3,(H2,23,24,25). The molecule has 2 aromatic carbocycles. The Balaban J connectivity index is 1.63. The Hall–Kier alpha value is -2.42. The number of sulfonamides is 1. The summed E-state index contributed by atoms with van der Waals surface area (Å²) >= 11 is 0. The highest BCUT2D eigenvalue weighted by Gasteiger charge is 2.12. The van der Waals surface area contributed by atoms with Crippen molar-refractivity contribution < 1.29 is 13.2 Å². The lowest BCUT2D eigenvalue weighted by Crippen LogP contribution is -2.43. The molecule has 2 aromatic rings. The van der Waals surface area contributed by atoms with Gasteiger partial charge in [0.2, 0.25) is 10.0 Å². The maximum absolute atomic E-state index is 12.3. The molecule has 0 spiro atoms. The molecule has 0 radical (unpaired) electrons. The summed E-state index contributed by atoms with van der Waals surface area (Å²) in [5, 5.41) is 6.35. The van der Waals surface area contributed by atoms with E-state index >= 15 is 0 Å². The predicted octanol–water partition coefficient (Wildman–Crippen LogP) is 2.29. The molecule has 2 rings (SSSR count). The number of guanidine groups is 1. The van der Waals surface area contributed by atoms with Crippen LogP contribution >= 0.6 is 0 Å². The first-order valence-corrected chi connectivity index (χ1v) is 11.5. The highest BCUT2D eigenvalue weighted by molar-refractivity contribution is 7.89. The summed E-state index contributed by atoms with van der Waals surface area (Å²) in [7, 11) is -1.82. The first-order valence-electron chi connectivity index (χ1n) is 10.0. The summed E-state index contributed by atoms with van der Waals surface area (Å²) in [5.41, 5.74) is 2.17. The normalized spacial score (nSPS) is 13.1. The van der Waals surface area contributed by atoms with Gasteiger partial charge < -0.3 is 15.4 Å². The number of hydrogen-bond acceptors (Lipinski definition) is 4. The van der Waals surface area contributed by atoms with Crippen LogP contribution in [0.25, 0.3) is 0 Å². The van der Waals surface area contributed by atoms with Gasteiger partial charge in [-0.15, -0.1) is 0 Å². The van der Waals surface area contributed by atoms with E-state index in [1.807, 2.05) is 37.3 Å². The van der Waals surface area contributed by atoms with Gasteiger partial charge >= 0.3 is 0 Å². The van der Waals surface area contributed by atoms with Gasteiger partial charge in [-0.1, -0.05) is 55.0 Å². The molecule has 7 nitrogen and oxygen atoms in total. The van der Waals surface area contributed by atoms with Crippen molar-refractivity contribution in [1.29, 1.82) is 0 Å². The number of nitrogens with one attached hydrogen (secondary N) is 3. The number of ether oxygens (including phenoxy) is 1. The number of benzene rings is 2. The lowest BCUT2D eigenvalue weighted by Gasteiger charge is -2.16. The van der Waals surface area contributed by atoms with Gasteiger partial charge in [0.05, 0.1) is 18.1 Å². The summed E-state index contributed by atoms with van der Waals surface area (Å²) in [5.74, 6) is 0.923. The van der Waals surface area contributed by atoms with Crippen LogP contribution in [0.5, 0.6) is 0 Å². The van der Waals surface area contributed by atoms with E-state index in [-0.39, 0.29) is 11.4 Å². The third-order valence-corrected chi connectivity index (χ3v) is 5.87. The van der Waals surface area contributed by atoms with Crippen molar-refractivity contribution in [3.63, 3.8) is 0 Å². The van der Waals surface area contributed by atoms with Crippen LogP contribution in [0, 0.1) is 12.8 Å². The first-order chi connectivity index (χ1) is 14.4. The molecule has 0 aromatic heterocycles. The summed E-state index contributed by atoms with van der Waals surface area (Å²) in [6.07, 6.45) is 0. The highest BCUT2D eigenvalue weighted by Crippen LogP contribution is 2.09. The lowest BCUT2D eigenvalue weighted by atomic mass is 10.2. The molecule has 0 saturated carbocycles. The zero-order valence-corrected chi connectivity index (χ0v) is 18.7. The Kier molecular flexibility index (Phi) is 9.79. The molecule has 3 N–H and O–H groups in total. The average molecular weight is 433 g/mol.